The maximum atomic E-state index is 13.0. The van der Waals surface area contributed by atoms with Gasteiger partial charge in [-0.15, -0.1) is 0 Å². The van der Waals surface area contributed by atoms with Crippen molar-refractivity contribution in [1.82, 2.24) is 25.0 Å². The maximum absolute atomic E-state index is 13.0. The van der Waals surface area contributed by atoms with Gasteiger partial charge in [0, 0.05) is 36.3 Å². The molecule has 0 fully saturated rings. The zero-order valence-electron chi connectivity index (χ0n) is 19.9. The molecular weight excluding hydrogens is 452 g/mol. The first-order chi connectivity index (χ1) is 16.9. The minimum absolute atomic E-state index is 0.0214. The lowest BCUT2D eigenvalue weighted by atomic mass is 10.2. The Bertz CT molecular complexity index is 1410. The number of fused-ring (bicyclic) bond motifs is 1. The number of nitrogens with zero attached hydrogens (tertiary/aromatic N) is 4. The molecule has 2 aromatic heterocycles. The van der Waals surface area contributed by atoms with Crippen LogP contribution in [0.1, 0.15) is 19.7 Å². The van der Waals surface area contributed by atoms with Gasteiger partial charge in [0.1, 0.15) is 0 Å². The molecule has 0 atom stereocenters. The average molecular weight is 479 g/mol. The third kappa shape index (κ3) is 5.40. The van der Waals surface area contributed by atoms with Crippen LogP contribution in [0.2, 0.25) is 0 Å². The van der Waals surface area contributed by atoms with Crippen LogP contribution in [-0.4, -0.2) is 46.0 Å². The van der Waals surface area contributed by atoms with Crippen LogP contribution in [-0.2, 0) is 13.0 Å². The minimum Gasteiger partial charge on any atom is -0.493 e. The molecule has 0 spiro atoms. The number of hydrogen-bond acceptors (Lipinski definition) is 8. The Morgan fingerprint density at radius 2 is 1.91 bits per heavy atom. The van der Waals surface area contributed by atoms with Gasteiger partial charge in [-0.25, -0.2) is 9.78 Å². The van der Waals surface area contributed by atoms with Crippen molar-refractivity contribution >= 4 is 22.6 Å². The van der Waals surface area contributed by atoms with Gasteiger partial charge in [0.05, 0.1) is 31.4 Å². The average Bonchev–Trinajstić information content (AvgIpc) is 3.31. The molecule has 11 heteroatoms. The van der Waals surface area contributed by atoms with Crippen LogP contribution < -0.4 is 25.7 Å². The summed E-state index contributed by atoms with van der Waals surface area (Å²) >= 11 is 0. The molecule has 2 N–H and O–H groups in total. The van der Waals surface area contributed by atoms with Gasteiger partial charge < -0.3 is 24.6 Å². The molecule has 182 valence electrons. The van der Waals surface area contributed by atoms with Crippen LogP contribution in [0.15, 0.2) is 52.0 Å². The van der Waals surface area contributed by atoms with E-state index < -0.39 is 0 Å². The molecule has 0 aliphatic heterocycles. The molecule has 2 heterocycles. The summed E-state index contributed by atoms with van der Waals surface area (Å²) in [5.74, 6) is 1.71. The van der Waals surface area contributed by atoms with E-state index >= 15 is 0 Å². The van der Waals surface area contributed by atoms with E-state index in [-0.39, 0.29) is 17.6 Å². The predicted molar refractivity (Wildman–Crippen MR) is 130 cm³/mol. The van der Waals surface area contributed by atoms with Crippen molar-refractivity contribution in [2.45, 2.75) is 32.9 Å². The van der Waals surface area contributed by atoms with Crippen molar-refractivity contribution in [3.63, 3.8) is 0 Å². The number of anilines is 1. The van der Waals surface area contributed by atoms with Crippen molar-refractivity contribution in [2.24, 2.45) is 0 Å². The number of nitrogens with one attached hydrogen (secondary N) is 2. The van der Waals surface area contributed by atoms with Gasteiger partial charge in [-0.05, 0) is 32.0 Å². The van der Waals surface area contributed by atoms with Crippen molar-refractivity contribution in [1.29, 1.82) is 0 Å². The summed E-state index contributed by atoms with van der Waals surface area (Å²) in [6, 6.07) is 10.2. The topological polar surface area (TPSA) is 133 Å². The molecular formula is C24H26N6O5. The molecule has 0 radical (unpaired) electrons. The highest BCUT2D eigenvalue weighted by atomic mass is 16.5. The summed E-state index contributed by atoms with van der Waals surface area (Å²) in [5, 5.41) is 10.00. The van der Waals surface area contributed by atoms with E-state index in [4.69, 9.17) is 14.0 Å². The quantitative estimate of drug-likeness (QED) is 0.394. The van der Waals surface area contributed by atoms with Gasteiger partial charge in [-0.2, -0.15) is 4.98 Å². The molecule has 4 rings (SSSR count). The molecule has 2 amide bonds. The molecule has 0 aliphatic carbocycles. The highest BCUT2D eigenvalue weighted by molar-refractivity contribution is 5.90. The smallest absolute Gasteiger partial charge is 0.319 e. The number of aromatic nitrogens is 4. The number of amides is 2. The first-order valence-electron chi connectivity index (χ1n) is 11.0. The number of aryl methyl sites for hydroxylation is 2. The summed E-state index contributed by atoms with van der Waals surface area (Å²) in [5.41, 5.74) is 1.59. The lowest BCUT2D eigenvalue weighted by molar-refractivity contribution is 0.250. The van der Waals surface area contributed by atoms with Crippen LogP contribution >= 0.6 is 0 Å². The molecule has 35 heavy (non-hydrogen) atoms. The standard InChI is InChI=1S/C24H26N6O5/c1-14(2)26-24(32)27-16-7-5-6-15(10-16)22-28-21(35-29-22)8-9-30-13-25-18-12-20(34-4)19(33-3)11-17(18)23(30)31/h5-7,10-14H,8-9H2,1-4H3,(H2,26,27,32). The second-order valence-electron chi connectivity index (χ2n) is 8.06. The molecule has 0 saturated carbocycles. The van der Waals surface area contributed by atoms with Gasteiger partial charge in [0.15, 0.2) is 11.5 Å². The van der Waals surface area contributed by atoms with Crippen LogP contribution in [0.25, 0.3) is 22.3 Å². The van der Waals surface area contributed by atoms with E-state index in [1.165, 1.54) is 25.1 Å². The Hall–Kier alpha value is -4.41. The summed E-state index contributed by atoms with van der Waals surface area (Å²) in [7, 11) is 3.04. The minimum atomic E-state index is -0.295. The normalized spacial score (nSPS) is 11.0. The zero-order valence-corrected chi connectivity index (χ0v) is 19.9. The van der Waals surface area contributed by atoms with Gasteiger partial charge in [-0.3, -0.25) is 9.36 Å². The summed E-state index contributed by atoms with van der Waals surface area (Å²) in [6.45, 7) is 4.06. The second kappa shape index (κ2) is 10.2. The Kier molecular flexibility index (Phi) is 6.95. The molecule has 2 aromatic carbocycles. The van der Waals surface area contributed by atoms with Gasteiger partial charge in [-0.1, -0.05) is 17.3 Å². The van der Waals surface area contributed by atoms with Crippen LogP contribution in [0.3, 0.4) is 0 Å². The molecule has 0 unspecified atom stereocenters. The van der Waals surface area contributed by atoms with E-state index in [1.54, 1.807) is 30.3 Å². The zero-order chi connectivity index (χ0) is 24.9. The van der Waals surface area contributed by atoms with E-state index in [0.717, 1.165) is 0 Å². The van der Waals surface area contributed by atoms with Crippen molar-refractivity contribution < 1.29 is 18.8 Å². The third-order valence-electron chi connectivity index (χ3n) is 5.16. The van der Waals surface area contributed by atoms with E-state index in [9.17, 15) is 9.59 Å². The van der Waals surface area contributed by atoms with Gasteiger partial charge >= 0.3 is 6.03 Å². The number of hydrogen-bond donors (Lipinski definition) is 2. The number of carbonyl (C=O) groups is 1. The molecule has 0 bridgehead atoms. The van der Waals surface area contributed by atoms with Crippen LogP contribution in [0, 0.1) is 0 Å². The Balaban J connectivity index is 1.48. The number of urea groups is 1. The first-order valence-corrected chi connectivity index (χ1v) is 11.0. The predicted octanol–water partition coefficient (Wildman–Crippen LogP) is 3.24. The number of benzene rings is 2. The van der Waals surface area contributed by atoms with Crippen molar-refractivity contribution in [2.75, 3.05) is 19.5 Å². The van der Waals surface area contributed by atoms with E-state index in [0.29, 0.717) is 58.3 Å². The monoisotopic (exact) mass is 478 g/mol. The summed E-state index contributed by atoms with van der Waals surface area (Å²) in [4.78, 5) is 33.7. The maximum Gasteiger partial charge on any atom is 0.319 e. The Morgan fingerprint density at radius 1 is 1.14 bits per heavy atom. The van der Waals surface area contributed by atoms with Crippen molar-refractivity contribution in [3.8, 4) is 22.9 Å². The Morgan fingerprint density at radius 3 is 2.66 bits per heavy atom. The fourth-order valence-electron chi connectivity index (χ4n) is 3.50. The molecule has 4 aromatic rings. The summed E-state index contributed by atoms with van der Waals surface area (Å²) in [6.07, 6.45) is 1.81. The van der Waals surface area contributed by atoms with E-state index in [2.05, 4.69) is 25.8 Å². The molecule has 11 nitrogen and oxygen atoms in total. The number of carbonyl (C=O) groups excluding carboxylic acids is 1. The number of methoxy groups -OCH3 is 2. The largest absolute Gasteiger partial charge is 0.493 e. The first kappa shape index (κ1) is 23.7. The highest BCUT2D eigenvalue weighted by Gasteiger charge is 2.14. The highest BCUT2D eigenvalue weighted by Crippen LogP contribution is 2.29. The number of rotatable bonds is 8. The van der Waals surface area contributed by atoms with Gasteiger partial charge in [0.25, 0.3) is 5.56 Å². The lowest BCUT2D eigenvalue weighted by Gasteiger charge is -2.10. The van der Waals surface area contributed by atoms with Crippen LogP contribution in [0.5, 0.6) is 11.5 Å². The van der Waals surface area contributed by atoms with Crippen LogP contribution in [0.4, 0.5) is 10.5 Å². The summed E-state index contributed by atoms with van der Waals surface area (Å²) < 4.78 is 17.4. The Labute approximate surface area is 201 Å². The van der Waals surface area contributed by atoms with E-state index in [1.807, 2.05) is 19.9 Å². The van der Waals surface area contributed by atoms with Gasteiger partial charge in [0.2, 0.25) is 11.7 Å². The number of ether oxygens (including phenoxy) is 2. The second-order valence-corrected chi connectivity index (χ2v) is 8.06. The molecule has 0 saturated heterocycles. The SMILES string of the molecule is COc1cc2ncn(CCc3nc(-c4cccc(NC(=O)NC(C)C)c4)no3)c(=O)c2cc1OC. The third-order valence-corrected chi connectivity index (χ3v) is 5.16. The van der Waals surface area contributed by atoms with Crippen molar-refractivity contribution in [3.05, 3.63) is 59.0 Å². The molecule has 0 aliphatic rings. The fraction of sp³-hybridized carbons (Fsp3) is 0.292. The lowest BCUT2D eigenvalue weighted by Crippen LogP contribution is -2.34. The fourth-order valence-corrected chi connectivity index (χ4v) is 3.50.